The third-order valence-electron chi connectivity index (χ3n) is 3.27. The van der Waals surface area contributed by atoms with Crippen molar-refractivity contribution in [2.24, 2.45) is 0 Å². The van der Waals surface area contributed by atoms with E-state index in [2.05, 4.69) is 5.32 Å². The number of furan rings is 1. The van der Waals surface area contributed by atoms with Crippen LogP contribution in [0.25, 0.3) is 0 Å². The Morgan fingerprint density at radius 1 is 1.35 bits per heavy atom. The zero-order valence-corrected chi connectivity index (χ0v) is 11.9. The molecule has 4 nitrogen and oxygen atoms in total. The van der Waals surface area contributed by atoms with Crippen LogP contribution in [0.15, 0.2) is 41.0 Å². The molecule has 106 valence electrons. The Morgan fingerprint density at radius 2 is 2.10 bits per heavy atom. The summed E-state index contributed by atoms with van der Waals surface area (Å²) in [6.45, 7) is 5.57. The lowest BCUT2D eigenvalue weighted by atomic mass is 10.0. The molecule has 0 aliphatic carbocycles. The van der Waals surface area contributed by atoms with Gasteiger partial charge in [0.05, 0.1) is 12.8 Å². The van der Waals surface area contributed by atoms with Gasteiger partial charge in [0.15, 0.2) is 0 Å². The molecule has 2 rings (SSSR count). The Kier molecular flexibility index (Phi) is 3.95. The summed E-state index contributed by atoms with van der Waals surface area (Å²) in [5, 5.41) is 13.0. The van der Waals surface area contributed by atoms with Gasteiger partial charge >= 0.3 is 0 Å². The fourth-order valence-corrected chi connectivity index (χ4v) is 2.09. The summed E-state index contributed by atoms with van der Waals surface area (Å²) in [5.74, 6) is 0.229. The maximum absolute atomic E-state index is 12.1. The van der Waals surface area contributed by atoms with Crippen molar-refractivity contribution in [2.45, 2.75) is 26.4 Å². The molecule has 0 aliphatic heterocycles. The quantitative estimate of drug-likeness (QED) is 0.899. The molecule has 0 radical (unpaired) electrons. The maximum Gasteiger partial charge on any atom is 0.251 e. The first-order chi connectivity index (χ1) is 9.40. The summed E-state index contributed by atoms with van der Waals surface area (Å²) in [7, 11) is 0. The number of hydrogen-bond acceptors (Lipinski definition) is 3. The average Bonchev–Trinajstić information content (AvgIpc) is 2.90. The second kappa shape index (κ2) is 5.51. The first-order valence-electron chi connectivity index (χ1n) is 6.52. The Balaban J connectivity index is 2.05. The van der Waals surface area contributed by atoms with Crippen molar-refractivity contribution < 1.29 is 14.3 Å². The van der Waals surface area contributed by atoms with Crippen LogP contribution in [-0.2, 0) is 5.60 Å². The number of carbonyl (C=O) groups is 1. The van der Waals surface area contributed by atoms with Crippen LogP contribution in [0.1, 0.15) is 34.2 Å². The molecule has 20 heavy (non-hydrogen) atoms. The van der Waals surface area contributed by atoms with Gasteiger partial charge in [-0.2, -0.15) is 0 Å². The Bertz CT molecular complexity index is 600. The zero-order valence-electron chi connectivity index (χ0n) is 11.9. The molecule has 1 heterocycles. The van der Waals surface area contributed by atoms with Crippen molar-refractivity contribution in [1.29, 1.82) is 0 Å². The van der Waals surface area contributed by atoms with Crippen LogP contribution in [-0.4, -0.2) is 17.6 Å². The molecule has 0 fully saturated rings. The third kappa shape index (κ3) is 3.08. The van der Waals surface area contributed by atoms with Crippen molar-refractivity contribution in [3.8, 4) is 0 Å². The van der Waals surface area contributed by atoms with Gasteiger partial charge in [-0.1, -0.05) is 17.7 Å². The summed E-state index contributed by atoms with van der Waals surface area (Å²) < 4.78 is 5.17. The SMILES string of the molecule is Cc1ccc(C(=O)NCC(C)(O)c2ccco2)c(C)c1. The van der Waals surface area contributed by atoms with Gasteiger partial charge in [-0.25, -0.2) is 0 Å². The number of aryl methyl sites for hydroxylation is 2. The summed E-state index contributed by atoms with van der Waals surface area (Å²) in [6.07, 6.45) is 1.50. The van der Waals surface area contributed by atoms with E-state index in [-0.39, 0.29) is 12.5 Å². The lowest BCUT2D eigenvalue weighted by Gasteiger charge is -2.21. The van der Waals surface area contributed by atoms with Gasteiger partial charge in [-0.3, -0.25) is 4.79 Å². The maximum atomic E-state index is 12.1. The van der Waals surface area contributed by atoms with Gasteiger partial charge in [0.1, 0.15) is 11.4 Å². The lowest BCUT2D eigenvalue weighted by Crippen LogP contribution is -2.38. The first kappa shape index (κ1) is 14.3. The highest BCUT2D eigenvalue weighted by Gasteiger charge is 2.27. The van der Waals surface area contributed by atoms with Gasteiger partial charge in [-0.15, -0.1) is 0 Å². The minimum Gasteiger partial charge on any atom is -0.466 e. The predicted molar refractivity (Wildman–Crippen MR) is 76.5 cm³/mol. The van der Waals surface area contributed by atoms with Gasteiger partial charge in [0, 0.05) is 5.56 Å². The summed E-state index contributed by atoms with van der Waals surface area (Å²) in [4.78, 5) is 12.1. The molecule has 1 aromatic carbocycles. The van der Waals surface area contributed by atoms with Crippen molar-refractivity contribution in [3.63, 3.8) is 0 Å². The van der Waals surface area contributed by atoms with Crippen LogP contribution < -0.4 is 5.32 Å². The van der Waals surface area contributed by atoms with E-state index < -0.39 is 5.60 Å². The predicted octanol–water partition coefficient (Wildman–Crippen LogP) is 2.53. The highest BCUT2D eigenvalue weighted by atomic mass is 16.4. The average molecular weight is 273 g/mol. The van der Waals surface area contributed by atoms with E-state index in [0.717, 1.165) is 11.1 Å². The van der Waals surface area contributed by atoms with Gasteiger partial charge in [0.25, 0.3) is 5.91 Å². The summed E-state index contributed by atoms with van der Waals surface area (Å²) >= 11 is 0. The van der Waals surface area contributed by atoms with Crippen molar-refractivity contribution in [3.05, 3.63) is 59.0 Å². The number of amides is 1. The number of rotatable bonds is 4. The number of carbonyl (C=O) groups excluding carboxylic acids is 1. The highest BCUT2D eigenvalue weighted by molar-refractivity contribution is 5.95. The Labute approximate surface area is 118 Å². The van der Waals surface area contributed by atoms with E-state index >= 15 is 0 Å². The van der Waals surface area contributed by atoms with E-state index in [1.54, 1.807) is 25.1 Å². The largest absolute Gasteiger partial charge is 0.466 e. The number of hydrogen-bond donors (Lipinski definition) is 2. The number of aliphatic hydroxyl groups is 1. The number of benzene rings is 1. The van der Waals surface area contributed by atoms with Crippen LogP contribution in [0.4, 0.5) is 0 Å². The van der Waals surface area contributed by atoms with Gasteiger partial charge in [-0.05, 0) is 44.5 Å². The molecule has 1 atom stereocenters. The molecule has 1 aromatic heterocycles. The molecular formula is C16H19NO3. The van der Waals surface area contributed by atoms with Crippen LogP contribution >= 0.6 is 0 Å². The van der Waals surface area contributed by atoms with E-state index in [0.29, 0.717) is 11.3 Å². The fourth-order valence-electron chi connectivity index (χ4n) is 2.09. The summed E-state index contributed by atoms with van der Waals surface area (Å²) in [5.41, 5.74) is 1.42. The standard InChI is InChI=1S/C16H19NO3/c1-11-6-7-13(12(2)9-11)15(18)17-10-16(3,19)14-5-4-8-20-14/h4-9,19H,10H2,1-3H3,(H,17,18). The second-order valence-corrected chi connectivity index (χ2v) is 5.25. The molecule has 0 saturated heterocycles. The minimum atomic E-state index is -1.22. The van der Waals surface area contributed by atoms with E-state index in [4.69, 9.17) is 4.42 Å². The molecule has 0 saturated carbocycles. The van der Waals surface area contributed by atoms with Crippen molar-refractivity contribution in [1.82, 2.24) is 5.32 Å². The highest BCUT2D eigenvalue weighted by Crippen LogP contribution is 2.20. The molecule has 1 amide bonds. The van der Waals surface area contributed by atoms with Crippen LogP contribution in [0.5, 0.6) is 0 Å². The number of nitrogens with one attached hydrogen (secondary N) is 1. The van der Waals surface area contributed by atoms with Crippen molar-refractivity contribution in [2.75, 3.05) is 6.54 Å². The topological polar surface area (TPSA) is 62.5 Å². The molecular weight excluding hydrogens is 254 g/mol. The summed E-state index contributed by atoms with van der Waals surface area (Å²) in [6, 6.07) is 9.03. The monoisotopic (exact) mass is 273 g/mol. The molecule has 2 N–H and O–H groups in total. The van der Waals surface area contributed by atoms with Crippen molar-refractivity contribution >= 4 is 5.91 Å². The smallest absolute Gasteiger partial charge is 0.251 e. The van der Waals surface area contributed by atoms with Crippen LogP contribution in [0.3, 0.4) is 0 Å². The lowest BCUT2D eigenvalue weighted by molar-refractivity contribution is 0.0330. The molecule has 0 aliphatic rings. The molecule has 0 bridgehead atoms. The molecule has 1 unspecified atom stereocenters. The first-order valence-corrected chi connectivity index (χ1v) is 6.52. The normalized spacial score (nSPS) is 13.8. The fraction of sp³-hybridized carbons (Fsp3) is 0.312. The van der Waals surface area contributed by atoms with Gasteiger partial charge < -0.3 is 14.8 Å². The second-order valence-electron chi connectivity index (χ2n) is 5.25. The van der Waals surface area contributed by atoms with E-state index in [1.165, 1.54) is 6.26 Å². The van der Waals surface area contributed by atoms with E-state index in [1.807, 2.05) is 26.0 Å². The molecule has 4 heteroatoms. The minimum absolute atomic E-state index is 0.0899. The Hall–Kier alpha value is -2.07. The van der Waals surface area contributed by atoms with Gasteiger partial charge in [0.2, 0.25) is 0 Å². The van der Waals surface area contributed by atoms with Crippen LogP contribution in [0.2, 0.25) is 0 Å². The third-order valence-corrected chi connectivity index (χ3v) is 3.27. The molecule has 0 spiro atoms. The molecule has 2 aromatic rings. The van der Waals surface area contributed by atoms with Crippen LogP contribution in [0, 0.1) is 13.8 Å². The Morgan fingerprint density at radius 3 is 2.70 bits per heavy atom. The van der Waals surface area contributed by atoms with E-state index in [9.17, 15) is 9.90 Å². The zero-order chi connectivity index (χ0) is 14.8.